The summed E-state index contributed by atoms with van der Waals surface area (Å²) >= 11 is 0. The Kier molecular flexibility index (Phi) is 7.46. The molecule has 0 aliphatic carbocycles. The Hall–Kier alpha value is -4.44. The Morgan fingerprint density at radius 2 is 1.77 bits per heavy atom. The van der Waals surface area contributed by atoms with E-state index in [2.05, 4.69) is 15.3 Å². The maximum Gasteiger partial charge on any atom is 0.419 e. The first kappa shape index (κ1) is 30.0. The lowest BCUT2D eigenvalue weighted by atomic mass is 10.0. The van der Waals surface area contributed by atoms with Crippen LogP contribution in [-0.2, 0) is 16.4 Å². The van der Waals surface area contributed by atoms with E-state index in [4.69, 9.17) is 15.2 Å². The molecule has 4 aromatic rings. The first-order valence-corrected chi connectivity index (χ1v) is 14.3. The van der Waals surface area contributed by atoms with Crippen LogP contribution in [0.3, 0.4) is 0 Å². The number of nitrogens with zero attached hydrogens (tertiary/aromatic N) is 6. The fourth-order valence-electron chi connectivity index (χ4n) is 4.97. The van der Waals surface area contributed by atoms with Crippen molar-refractivity contribution in [3.05, 3.63) is 42.2 Å². The van der Waals surface area contributed by atoms with E-state index in [-0.39, 0.29) is 33.9 Å². The van der Waals surface area contributed by atoms with Crippen molar-refractivity contribution in [3.8, 4) is 22.8 Å². The van der Waals surface area contributed by atoms with E-state index < -0.39 is 27.6 Å². The molecular weight excluding hydrogens is 589 g/mol. The fraction of sp³-hybridized carbons (Fsp3) is 0.333. The molecule has 3 heterocycles. The summed E-state index contributed by atoms with van der Waals surface area (Å²) < 4.78 is 81.8. The number of likely N-dealkylation sites (N-methyl/N-ethyl adjacent to an activating group) is 2. The minimum absolute atomic E-state index is 0.0438. The number of ether oxygens (including phenoxy) is 2. The Balaban J connectivity index is 1.62. The number of hydrogen-bond acceptors (Lipinski definition) is 10. The number of benzene rings is 2. The Bertz CT molecular complexity index is 1830. The first-order valence-electron chi connectivity index (χ1n) is 13.0. The van der Waals surface area contributed by atoms with Crippen LogP contribution in [0.1, 0.15) is 5.56 Å². The predicted octanol–water partition coefficient (Wildman–Crippen LogP) is 4.00. The quantitative estimate of drug-likeness (QED) is 0.265. The molecule has 3 N–H and O–H groups in total. The maximum atomic E-state index is 14.2. The average Bonchev–Trinajstić information content (AvgIpc) is 3.43. The number of methoxy groups -OCH3 is 2. The van der Waals surface area contributed by atoms with E-state index in [1.165, 1.54) is 33.4 Å². The van der Waals surface area contributed by atoms with Gasteiger partial charge >= 0.3 is 16.4 Å². The molecule has 0 fully saturated rings. The van der Waals surface area contributed by atoms with Crippen LogP contribution in [0, 0.1) is 0 Å². The van der Waals surface area contributed by atoms with Crippen molar-refractivity contribution < 1.29 is 31.1 Å². The van der Waals surface area contributed by atoms with Crippen molar-refractivity contribution in [2.45, 2.75) is 6.18 Å². The number of nitrogens with two attached hydrogens (primary N) is 1. The number of rotatable bonds is 9. The van der Waals surface area contributed by atoms with Crippen molar-refractivity contribution in [3.63, 3.8) is 0 Å². The number of nitrogen functional groups attached to an aromatic ring is 1. The summed E-state index contributed by atoms with van der Waals surface area (Å²) in [7, 11) is 5.88. The first-order chi connectivity index (χ1) is 20.2. The summed E-state index contributed by atoms with van der Waals surface area (Å²) in [6, 6.07) is 6.31. The molecule has 230 valence electrons. The van der Waals surface area contributed by atoms with E-state index in [1.54, 1.807) is 12.1 Å². The van der Waals surface area contributed by atoms with Gasteiger partial charge in [0.25, 0.3) is 0 Å². The number of hydrogen-bond donors (Lipinski definition) is 2. The third kappa shape index (κ3) is 5.09. The molecule has 1 aliphatic rings. The third-order valence-corrected chi connectivity index (χ3v) is 8.90. The van der Waals surface area contributed by atoms with Gasteiger partial charge in [-0.05, 0) is 32.3 Å². The van der Waals surface area contributed by atoms with Crippen LogP contribution in [0.4, 0.5) is 41.9 Å². The number of nitrogens with one attached hydrogen (secondary N) is 1. The van der Waals surface area contributed by atoms with Crippen LogP contribution in [0.25, 0.3) is 22.2 Å². The smallest absolute Gasteiger partial charge is 0.419 e. The summed E-state index contributed by atoms with van der Waals surface area (Å²) in [5, 5.41) is 3.16. The Labute approximate surface area is 246 Å². The van der Waals surface area contributed by atoms with Gasteiger partial charge in [-0.1, -0.05) is 0 Å². The standard InChI is InChI=1S/C27H31F3N8O4S/c1-35(2)9-10-36(3)20-12-22(42-6)19(11-18(20)31)33-26-32-13-17(27(28,29)30)23(34-26)16-14-38-24-15(16)7-8-21(41-5)25(24)37(4)43(38,39)40/h7-8,11-14H,9-10,31H2,1-6H3,(H,32,33,34). The molecule has 16 heteroatoms. The van der Waals surface area contributed by atoms with Crippen LogP contribution in [0.5, 0.6) is 11.5 Å². The van der Waals surface area contributed by atoms with Crippen molar-refractivity contribution in [1.82, 2.24) is 18.8 Å². The maximum absolute atomic E-state index is 14.2. The van der Waals surface area contributed by atoms with Crippen molar-refractivity contribution in [2.75, 3.05) is 75.8 Å². The average molecular weight is 621 g/mol. The van der Waals surface area contributed by atoms with Gasteiger partial charge in [0.05, 0.1) is 42.5 Å². The van der Waals surface area contributed by atoms with E-state index in [0.717, 1.165) is 21.0 Å². The van der Waals surface area contributed by atoms with Gasteiger partial charge in [-0.15, -0.1) is 0 Å². The van der Waals surface area contributed by atoms with Gasteiger partial charge in [-0.3, -0.25) is 4.31 Å². The van der Waals surface area contributed by atoms with Gasteiger partial charge in [-0.25, -0.2) is 13.9 Å². The number of aromatic nitrogens is 3. The summed E-state index contributed by atoms with van der Waals surface area (Å²) in [5.41, 5.74) is 6.49. The zero-order valence-electron chi connectivity index (χ0n) is 24.3. The number of anilines is 5. The van der Waals surface area contributed by atoms with Gasteiger partial charge in [0.1, 0.15) is 22.7 Å². The van der Waals surface area contributed by atoms with Crippen molar-refractivity contribution in [2.24, 2.45) is 0 Å². The molecular formula is C27H31F3N8O4S. The van der Waals surface area contributed by atoms with E-state index in [0.29, 0.717) is 35.6 Å². The number of halogens is 3. The number of alkyl halides is 3. The molecule has 2 aromatic carbocycles. The van der Waals surface area contributed by atoms with Gasteiger partial charge in [0, 0.05) is 56.6 Å². The van der Waals surface area contributed by atoms with Crippen molar-refractivity contribution >= 4 is 49.8 Å². The topological polar surface area (TPSA) is 131 Å². The Morgan fingerprint density at radius 3 is 2.40 bits per heavy atom. The molecule has 5 rings (SSSR count). The second-order valence-corrected chi connectivity index (χ2v) is 12.1. The van der Waals surface area contributed by atoms with E-state index in [9.17, 15) is 21.6 Å². The molecule has 0 bridgehead atoms. The zero-order chi connectivity index (χ0) is 31.4. The highest BCUT2D eigenvalue weighted by Gasteiger charge is 2.40. The molecule has 0 spiro atoms. The normalized spacial score (nSPS) is 14.0. The van der Waals surface area contributed by atoms with Gasteiger partial charge < -0.3 is 30.3 Å². The van der Waals surface area contributed by atoms with Gasteiger partial charge in [0.2, 0.25) is 5.95 Å². The molecule has 0 radical (unpaired) electrons. The lowest BCUT2D eigenvalue weighted by Crippen LogP contribution is -2.29. The molecule has 0 amide bonds. The Morgan fingerprint density at radius 1 is 1.07 bits per heavy atom. The van der Waals surface area contributed by atoms with Crippen LogP contribution >= 0.6 is 0 Å². The predicted molar refractivity (Wildman–Crippen MR) is 160 cm³/mol. The highest BCUT2D eigenvalue weighted by Crippen LogP contribution is 2.48. The fourth-order valence-corrected chi connectivity index (χ4v) is 6.29. The summed E-state index contributed by atoms with van der Waals surface area (Å²) in [6.45, 7) is 1.47. The molecule has 0 saturated heterocycles. The largest absolute Gasteiger partial charge is 0.494 e. The van der Waals surface area contributed by atoms with Crippen molar-refractivity contribution in [1.29, 1.82) is 0 Å². The second-order valence-electron chi connectivity index (χ2n) is 10.2. The molecule has 0 unspecified atom stereocenters. The van der Waals surface area contributed by atoms with Crippen LogP contribution < -0.4 is 29.7 Å². The van der Waals surface area contributed by atoms with Crippen LogP contribution in [0.2, 0.25) is 0 Å². The SMILES string of the molecule is COc1cc(N(C)CCN(C)C)c(N)cc1Nc1ncc(C(F)(F)F)c(-c2cn3c4c(c(OC)ccc24)N(C)S3(=O)=O)n1. The third-order valence-electron chi connectivity index (χ3n) is 7.24. The van der Waals surface area contributed by atoms with Crippen LogP contribution in [0.15, 0.2) is 36.7 Å². The minimum atomic E-state index is -4.84. The van der Waals surface area contributed by atoms with Crippen LogP contribution in [-0.4, -0.2) is 82.8 Å². The van der Waals surface area contributed by atoms with Gasteiger partial charge in [0.15, 0.2) is 0 Å². The van der Waals surface area contributed by atoms with E-state index >= 15 is 0 Å². The summed E-state index contributed by atoms with van der Waals surface area (Å²) in [6.07, 6.45) is -3.05. The van der Waals surface area contributed by atoms with E-state index in [1.807, 2.05) is 30.9 Å². The summed E-state index contributed by atoms with van der Waals surface area (Å²) in [4.78, 5) is 12.1. The summed E-state index contributed by atoms with van der Waals surface area (Å²) in [5.74, 6) is 0.437. The highest BCUT2D eigenvalue weighted by molar-refractivity contribution is 7.91. The molecule has 43 heavy (non-hydrogen) atoms. The zero-order valence-corrected chi connectivity index (χ0v) is 25.1. The van der Waals surface area contributed by atoms with Gasteiger partial charge in [-0.2, -0.15) is 21.6 Å². The molecule has 1 aliphatic heterocycles. The lowest BCUT2D eigenvalue weighted by Gasteiger charge is -2.24. The minimum Gasteiger partial charge on any atom is -0.494 e. The molecule has 0 atom stereocenters. The second kappa shape index (κ2) is 10.7. The molecule has 12 nitrogen and oxygen atoms in total. The monoisotopic (exact) mass is 620 g/mol. The highest BCUT2D eigenvalue weighted by atomic mass is 32.2. The lowest BCUT2D eigenvalue weighted by molar-refractivity contribution is -0.137. The molecule has 0 saturated carbocycles. The molecule has 2 aromatic heterocycles.